The van der Waals surface area contributed by atoms with Crippen LogP contribution in [0.3, 0.4) is 0 Å². The van der Waals surface area contributed by atoms with Crippen LogP contribution in [0.5, 0.6) is 0 Å². The highest BCUT2D eigenvalue weighted by Crippen LogP contribution is 2.35. The van der Waals surface area contributed by atoms with Gasteiger partial charge in [0, 0.05) is 46.8 Å². The van der Waals surface area contributed by atoms with E-state index in [9.17, 15) is 18.0 Å². The lowest BCUT2D eigenvalue weighted by Gasteiger charge is -2.14. The van der Waals surface area contributed by atoms with Crippen molar-refractivity contribution in [1.29, 1.82) is 0 Å². The number of carbonyl (C=O) groups excluding carboxylic acids is 1. The summed E-state index contributed by atoms with van der Waals surface area (Å²) in [6.07, 6.45) is 0.320. The number of aryl methyl sites for hydroxylation is 1. The van der Waals surface area contributed by atoms with Gasteiger partial charge in [0.25, 0.3) is 5.91 Å². The summed E-state index contributed by atoms with van der Waals surface area (Å²) in [4.78, 5) is 25.5. The summed E-state index contributed by atoms with van der Waals surface area (Å²) in [7, 11) is 0. The minimum absolute atomic E-state index is 0.0193. The molecule has 0 saturated carbocycles. The maximum atomic E-state index is 13.1. The second-order valence-electron chi connectivity index (χ2n) is 7.42. The van der Waals surface area contributed by atoms with Crippen LogP contribution in [0.1, 0.15) is 21.5 Å². The molecular formula is C24H19F3N6O. The Bertz CT molecular complexity index is 1340. The number of carbonyl (C=O) groups is 1. The molecule has 0 radical (unpaired) electrons. The van der Waals surface area contributed by atoms with Gasteiger partial charge >= 0.3 is 6.18 Å². The third kappa shape index (κ3) is 5.12. The van der Waals surface area contributed by atoms with Crippen LogP contribution in [0.4, 0.5) is 36.2 Å². The predicted octanol–water partition coefficient (Wildman–Crippen LogP) is 5.44. The lowest BCUT2D eigenvalue weighted by Crippen LogP contribution is -2.14. The topological polar surface area (TPSA) is 106 Å². The molecule has 0 spiro atoms. The van der Waals surface area contributed by atoms with Gasteiger partial charge in [-0.1, -0.05) is 6.07 Å². The molecule has 7 nitrogen and oxygen atoms in total. The molecule has 4 N–H and O–H groups in total. The fraction of sp³-hybridized carbons (Fsp3) is 0.0833. The van der Waals surface area contributed by atoms with E-state index >= 15 is 0 Å². The van der Waals surface area contributed by atoms with E-state index in [-0.39, 0.29) is 11.3 Å². The number of anilines is 4. The van der Waals surface area contributed by atoms with Crippen molar-refractivity contribution in [2.24, 2.45) is 0 Å². The summed E-state index contributed by atoms with van der Waals surface area (Å²) in [6, 6.07) is 13.5. The van der Waals surface area contributed by atoms with Crippen LogP contribution in [0.25, 0.3) is 11.3 Å². The fourth-order valence-corrected chi connectivity index (χ4v) is 3.20. The molecule has 1 amide bonds. The van der Waals surface area contributed by atoms with E-state index in [0.29, 0.717) is 17.3 Å². The molecule has 2 aromatic carbocycles. The molecule has 0 fully saturated rings. The van der Waals surface area contributed by atoms with Crippen molar-refractivity contribution in [2.45, 2.75) is 13.1 Å². The number of pyridine rings is 1. The third-order valence-corrected chi connectivity index (χ3v) is 4.98. The van der Waals surface area contributed by atoms with E-state index in [4.69, 9.17) is 5.73 Å². The number of nitrogens with zero attached hydrogens (tertiary/aromatic N) is 3. The van der Waals surface area contributed by atoms with E-state index in [1.165, 1.54) is 6.07 Å². The zero-order valence-electron chi connectivity index (χ0n) is 17.9. The molecule has 172 valence electrons. The van der Waals surface area contributed by atoms with Crippen LogP contribution in [0.2, 0.25) is 0 Å². The first-order valence-corrected chi connectivity index (χ1v) is 10.1. The molecule has 0 aliphatic heterocycles. The van der Waals surface area contributed by atoms with Crippen LogP contribution >= 0.6 is 0 Å². The van der Waals surface area contributed by atoms with Crippen LogP contribution in [0.15, 0.2) is 73.2 Å². The van der Waals surface area contributed by atoms with Crippen LogP contribution < -0.4 is 16.4 Å². The average Bonchev–Trinajstić information content (AvgIpc) is 2.82. The molecule has 2 heterocycles. The average molecular weight is 464 g/mol. The van der Waals surface area contributed by atoms with Crippen LogP contribution in [-0.2, 0) is 6.18 Å². The van der Waals surface area contributed by atoms with Gasteiger partial charge in [0.15, 0.2) is 0 Å². The largest absolute Gasteiger partial charge is 0.418 e. The van der Waals surface area contributed by atoms with Gasteiger partial charge in [-0.15, -0.1) is 0 Å². The summed E-state index contributed by atoms with van der Waals surface area (Å²) in [5.41, 5.74) is 7.09. The fourth-order valence-electron chi connectivity index (χ4n) is 3.20. The van der Waals surface area contributed by atoms with E-state index in [0.717, 1.165) is 23.3 Å². The Hall–Kier alpha value is -4.47. The normalized spacial score (nSPS) is 11.2. The second kappa shape index (κ2) is 9.18. The summed E-state index contributed by atoms with van der Waals surface area (Å²) < 4.78 is 39.3. The maximum Gasteiger partial charge on any atom is 0.418 e. The summed E-state index contributed by atoms with van der Waals surface area (Å²) in [6.45, 7) is 1.84. The quantitative estimate of drug-likeness (QED) is 0.340. The molecule has 0 aliphatic carbocycles. The highest BCUT2D eigenvalue weighted by molar-refractivity contribution is 6.05. The van der Waals surface area contributed by atoms with Crippen molar-refractivity contribution in [3.05, 3.63) is 89.9 Å². The second-order valence-corrected chi connectivity index (χ2v) is 7.42. The zero-order valence-corrected chi connectivity index (χ0v) is 17.9. The molecule has 0 atom stereocenters. The van der Waals surface area contributed by atoms with E-state index < -0.39 is 23.3 Å². The molecule has 34 heavy (non-hydrogen) atoms. The molecule has 0 aliphatic rings. The number of hydrogen-bond acceptors (Lipinski definition) is 6. The van der Waals surface area contributed by atoms with Gasteiger partial charge in [-0.3, -0.25) is 9.78 Å². The van der Waals surface area contributed by atoms with Gasteiger partial charge in [0.05, 0.1) is 11.3 Å². The number of benzene rings is 2. The lowest BCUT2D eigenvalue weighted by molar-refractivity contribution is -0.136. The Kier molecular flexibility index (Phi) is 6.13. The van der Waals surface area contributed by atoms with Gasteiger partial charge in [-0.25, -0.2) is 9.97 Å². The van der Waals surface area contributed by atoms with E-state index in [2.05, 4.69) is 25.6 Å². The van der Waals surface area contributed by atoms with E-state index in [1.54, 1.807) is 48.9 Å². The van der Waals surface area contributed by atoms with Crippen molar-refractivity contribution in [3.8, 4) is 11.3 Å². The van der Waals surface area contributed by atoms with Crippen molar-refractivity contribution in [1.82, 2.24) is 15.0 Å². The maximum absolute atomic E-state index is 13.1. The SMILES string of the molecule is Cc1ccc(C(=O)Nc2ccc(N)c(C(F)(F)F)c2)cc1Nc1nccc(-c2cccnc2)n1. The van der Waals surface area contributed by atoms with Gasteiger partial charge in [0.2, 0.25) is 5.95 Å². The van der Waals surface area contributed by atoms with Crippen molar-refractivity contribution in [2.75, 3.05) is 16.4 Å². The molecule has 4 rings (SSSR count). The molecule has 10 heteroatoms. The monoisotopic (exact) mass is 464 g/mol. The van der Waals surface area contributed by atoms with Crippen molar-refractivity contribution < 1.29 is 18.0 Å². The van der Waals surface area contributed by atoms with E-state index in [1.807, 2.05) is 13.0 Å². The number of nitrogens with one attached hydrogen (secondary N) is 2. The number of halogens is 3. The minimum Gasteiger partial charge on any atom is -0.398 e. The Morgan fingerprint density at radius 2 is 1.85 bits per heavy atom. The molecule has 4 aromatic rings. The van der Waals surface area contributed by atoms with Crippen molar-refractivity contribution in [3.63, 3.8) is 0 Å². The molecular weight excluding hydrogens is 445 g/mol. The number of hydrogen-bond donors (Lipinski definition) is 3. The lowest BCUT2D eigenvalue weighted by atomic mass is 10.1. The number of alkyl halides is 3. The number of aromatic nitrogens is 3. The smallest absolute Gasteiger partial charge is 0.398 e. The molecule has 0 bridgehead atoms. The number of nitrogens with two attached hydrogens (primary N) is 1. The van der Waals surface area contributed by atoms with Gasteiger partial charge in [0.1, 0.15) is 0 Å². The Morgan fingerprint density at radius 1 is 1.03 bits per heavy atom. The zero-order chi connectivity index (χ0) is 24.3. The number of amides is 1. The van der Waals surface area contributed by atoms with Gasteiger partial charge < -0.3 is 16.4 Å². The summed E-state index contributed by atoms with van der Waals surface area (Å²) in [5, 5.41) is 5.57. The Morgan fingerprint density at radius 3 is 2.59 bits per heavy atom. The first-order chi connectivity index (χ1) is 16.2. The molecule has 0 unspecified atom stereocenters. The predicted molar refractivity (Wildman–Crippen MR) is 124 cm³/mol. The summed E-state index contributed by atoms with van der Waals surface area (Å²) >= 11 is 0. The Balaban J connectivity index is 1.56. The Labute approximate surface area is 192 Å². The number of nitrogen functional groups attached to an aromatic ring is 1. The summed E-state index contributed by atoms with van der Waals surface area (Å²) in [5.74, 6) is -0.263. The highest BCUT2D eigenvalue weighted by Gasteiger charge is 2.33. The van der Waals surface area contributed by atoms with Crippen molar-refractivity contribution >= 4 is 28.9 Å². The van der Waals surface area contributed by atoms with Gasteiger partial charge in [-0.2, -0.15) is 13.2 Å². The van der Waals surface area contributed by atoms with Crippen LogP contribution in [-0.4, -0.2) is 20.9 Å². The standard InChI is InChI=1S/C24H19F3N6O/c1-14-4-5-15(22(34)31-17-6-7-19(28)18(12-17)24(25,26)27)11-21(14)33-23-30-10-8-20(32-23)16-3-2-9-29-13-16/h2-13H,28H2,1H3,(H,31,34)(H,30,32,33). The molecule has 0 saturated heterocycles. The number of rotatable bonds is 5. The highest BCUT2D eigenvalue weighted by atomic mass is 19.4. The van der Waals surface area contributed by atoms with Crippen LogP contribution in [0, 0.1) is 6.92 Å². The first kappa shape index (κ1) is 22.7. The molecule has 2 aromatic heterocycles. The minimum atomic E-state index is -4.63. The third-order valence-electron chi connectivity index (χ3n) is 4.98. The first-order valence-electron chi connectivity index (χ1n) is 10.1. The van der Waals surface area contributed by atoms with Gasteiger partial charge in [-0.05, 0) is 61.0 Å².